The average molecular weight is 255 g/mol. The van der Waals surface area contributed by atoms with E-state index in [-0.39, 0.29) is 5.02 Å². The second kappa shape index (κ2) is 5.84. The zero-order chi connectivity index (χ0) is 13.0. The van der Waals surface area contributed by atoms with E-state index in [1.54, 1.807) is 18.3 Å². The summed E-state index contributed by atoms with van der Waals surface area (Å²) in [5.41, 5.74) is 1.62. The fourth-order valence-corrected chi connectivity index (χ4v) is 1.49. The summed E-state index contributed by atoms with van der Waals surface area (Å²) < 4.78 is 13.0. The lowest BCUT2D eigenvalue weighted by atomic mass is 10.1. The van der Waals surface area contributed by atoms with E-state index in [2.05, 4.69) is 6.58 Å². The van der Waals surface area contributed by atoms with E-state index < -0.39 is 5.82 Å². The van der Waals surface area contributed by atoms with Crippen LogP contribution in [0.15, 0.2) is 42.6 Å². The van der Waals surface area contributed by atoms with Gasteiger partial charge in [-0.25, -0.2) is 10.2 Å². The van der Waals surface area contributed by atoms with Crippen LogP contribution >= 0.6 is 11.6 Å². The molecule has 4 heteroatoms. The molecule has 0 unspecified atom stereocenters. The lowest BCUT2D eigenvalue weighted by molar-refractivity contribution is 0.628. The van der Waals surface area contributed by atoms with Gasteiger partial charge in [-0.2, -0.15) is 0 Å². The van der Waals surface area contributed by atoms with Crippen molar-refractivity contribution >= 4 is 17.3 Å². The molecule has 0 amide bonds. The normalized spacial score (nSPS) is 11.8. The number of rotatable bonds is 4. The van der Waals surface area contributed by atoms with Gasteiger partial charge in [0.05, 0.1) is 10.7 Å². The summed E-state index contributed by atoms with van der Waals surface area (Å²) in [5.74, 6) is 5.71. The van der Waals surface area contributed by atoms with Crippen LogP contribution in [0.2, 0.25) is 5.02 Å². The van der Waals surface area contributed by atoms with Crippen molar-refractivity contribution in [3.63, 3.8) is 0 Å². The van der Waals surface area contributed by atoms with Gasteiger partial charge in [0, 0.05) is 6.20 Å². The van der Waals surface area contributed by atoms with E-state index in [9.17, 15) is 4.39 Å². The molecule has 92 valence electrons. The predicted octanol–water partition coefficient (Wildman–Crippen LogP) is 3.89. The number of nitrogens with two attached hydrogens (primary N) is 1. The third kappa shape index (κ3) is 3.58. The van der Waals surface area contributed by atoms with Gasteiger partial charge in [-0.15, -0.1) is 0 Å². The zero-order valence-electron chi connectivity index (χ0n) is 9.95. The van der Waals surface area contributed by atoms with E-state index in [4.69, 9.17) is 17.4 Å². The maximum atomic E-state index is 13.0. The molecule has 17 heavy (non-hydrogen) atoms. The first-order chi connectivity index (χ1) is 7.95. The Balaban J connectivity index is 3.00. The minimum atomic E-state index is -0.458. The number of hydrazine groups is 1. The molecule has 2 N–H and O–H groups in total. The van der Waals surface area contributed by atoms with Crippen molar-refractivity contribution in [1.29, 1.82) is 0 Å². The maximum absolute atomic E-state index is 13.0. The first kappa shape index (κ1) is 13.7. The molecule has 0 saturated heterocycles. The summed E-state index contributed by atoms with van der Waals surface area (Å²) in [4.78, 5) is 0. The highest BCUT2D eigenvalue weighted by atomic mass is 35.5. The molecule has 0 spiro atoms. The molecular formula is C13H16ClFN2. The third-order valence-electron chi connectivity index (χ3n) is 2.39. The molecular weight excluding hydrogens is 239 g/mol. The molecule has 0 saturated carbocycles. The van der Waals surface area contributed by atoms with Crippen LogP contribution in [0.3, 0.4) is 0 Å². The molecule has 0 aliphatic rings. The molecule has 0 fully saturated rings. The Hall–Kier alpha value is -1.32. The Labute approximate surface area is 106 Å². The quantitative estimate of drug-likeness (QED) is 0.502. The van der Waals surface area contributed by atoms with Crippen molar-refractivity contribution in [1.82, 2.24) is 0 Å². The Morgan fingerprint density at radius 3 is 2.65 bits per heavy atom. The molecule has 0 aromatic heterocycles. The minimum Gasteiger partial charge on any atom is -0.287 e. The molecule has 2 nitrogen and oxygen atoms in total. The van der Waals surface area contributed by atoms with Crippen molar-refractivity contribution in [3.8, 4) is 0 Å². The van der Waals surface area contributed by atoms with Crippen LogP contribution < -0.4 is 10.9 Å². The van der Waals surface area contributed by atoms with E-state index in [0.29, 0.717) is 11.6 Å². The van der Waals surface area contributed by atoms with Gasteiger partial charge in [0.25, 0.3) is 0 Å². The molecule has 0 atom stereocenters. The molecule has 0 aliphatic heterocycles. The number of allylic oxidation sites excluding steroid dienone is 2. The fourth-order valence-electron chi connectivity index (χ4n) is 1.32. The fraction of sp³-hybridized carbons (Fsp3) is 0.231. The molecule has 1 aromatic carbocycles. The van der Waals surface area contributed by atoms with E-state index in [0.717, 1.165) is 5.57 Å². The number of hydrogen-bond acceptors (Lipinski definition) is 2. The SMILES string of the molecule is C=C/C(=C\N(N)c1ccc(F)c(Cl)c1)C(C)C. The first-order valence-electron chi connectivity index (χ1n) is 5.28. The van der Waals surface area contributed by atoms with Gasteiger partial charge in [-0.1, -0.05) is 38.1 Å². The molecule has 1 rings (SSSR count). The minimum absolute atomic E-state index is 0.0519. The summed E-state index contributed by atoms with van der Waals surface area (Å²) in [6, 6.07) is 4.33. The second-order valence-corrected chi connectivity index (χ2v) is 4.40. The first-order valence-corrected chi connectivity index (χ1v) is 5.66. The van der Waals surface area contributed by atoms with Crippen LogP contribution in [-0.2, 0) is 0 Å². The zero-order valence-corrected chi connectivity index (χ0v) is 10.7. The Bertz CT molecular complexity index is 441. The van der Waals surface area contributed by atoms with Crippen LogP contribution in [0, 0.1) is 11.7 Å². The monoisotopic (exact) mass is 254 g/mol. The van der Waals surface area contributed by atoms with Crippen molar-refractivity contribution < 1.29 is 4.39 Å². The highest BCUT2D eigenvalue weighted by Crippen LogP contribution is 2.22. The van der Waals surface area contributed by atoms with Crippen LogP contribution in [0.1, 0.15) is 13.8 Å². The van der Waals surface area contributed by atoms with Crippen molar-refractivity contribution in [2.24, 2.45) is 11.8 Å². The van der Waals surface area contributed by atoms with Crippen LogP contribution in [0.4, 0.5) is 10.1 Å². The van der Waals surface area contributed by atoms with Crippen molar-refractivity contribution in [2.75, 3.05) is 5.01 Å². The summed E-state index contributed by atoms with van der Waals surface area (Å²) in [7, 11) is 0. The van der Waals surface area contributed by atoms with Crippen LogP contribution in [0.25, 0.3) is 0 Å². The lowest BCUT2D eigenvalue weighted by Crippen LogP contribution is -2.25. The van der Waals surface area contributed by atoms with Crippen molar-refractivity contribution in [2.45, 2.75) is 13.8 Å². The summed E-state index contributed by atoms with van der Waals surface area (Å²) in [6.07, 6.45) is 3.50. The van der Waals surface area contributed by atoms with E-state index >= 15 is 0 Å². The number of halogens is 2. The standard InChI is InChI=1S/C13H16ClFN2/c1-4-10(9(2)3)8-17(16)11-5-6-13(15)12(14)7-11/h4-9H,1,16H2,2-3H3/b10-8+. The molecule has 0 heterocycles. The summed E-state index contributed by atoms with van der Waals surface area (Å²) in [6.45, 7) is 7.81. The van der Waals surface area contributed by atoms with Gasteiger partial charge in [0.2, 0.25) is 0 Å². The second-order valence-electron chi connectivity index (χ2n) is 3.99. The number of hydrogen-bond donors (Lipinski definition) is 1. The highest BCUT2D eigenvalue weighted by Gasteiger charge is 2.06. The van der Waals surface area contributed by atoms with Crippen LogP contribution in [-0.4, -0.2) is 0 Å². The Kier molecular flexibility index (Phi) is 4.73. The smallest absolute Gasteiger partial charge is 0.141 e. The maximum Gasteiger partial charge on any atom is 0.141 e. The number of nitrogens with zero attached hydrogens (tertiary/aromatic N) is 1. The largest absolute Gasteiger partial charge is 0.287 e. The topological polar surface area (TPSA) is 29.3 Å². The molecule has 0 radical (unpaired) electrons. The summed E-state index contributed by atoms with van der Waals surface area (Å²) in [5, 5.41) is 1.46. The van der Waals surface area contributed by atoms with Gasteiger partial charge in [-0.05, 0) is 29.7 Å². The van der Waals surface area contributed by atoms with Gasteiger partial charge < -0.3 is 0 Å². The average Bonchev–Trinajstić information content (AvgIpc) is 2.28. The van der Waals surface area contributed by atoms with Gasteiger partial charge in [0.1, 0.15) is 5.82 Å². The lowest BCUT2D eigenvalue weighted by Gasteiger charge is -2.17. The summed E-state index contributed by atoms with van der Waals surface area (Å²) >= 11 is 5.69. The third-order valence-corrected chi connectivity index (χ3v) is 2.68. The Morgan fingerprint density at radius 2 is 2.18 bits per heavy atom. The van der Waals surface area contributed by atoms with Gasteiger partial charge in [-0.3, -0.25) is 5.01 Å². The van der Waals surface area contributed by atoms with Crippen LogP contribution in [0.5, 0.6) is 0 Å². The molecule has 0 aliphatic carbocycles. The van der Waals surface area contributed by atoms with E-state index in [1.165, 1.54) is 17.1 Å². The van der Waals surface area contributed by atoms with Gasteiger partial charge in [0.15, 0.2) is 0 Å². The predicted molar refractivity (Wildman–Crippen MR) is 71.2 cm³/mol. The number of benzene rings is 1. The van der Waals surface area contributed by atoms with Crippen molar-refractivity contribution in [3.05, 3.63) is 53.5 Å². The van der Waals surface area contributed by atoms with Gasteiger partial charge >= 0.3 is 0 Å². The Morgan fingerprint density at radius 1 is 1.53 bits per heavy atom. The van der Waals surface area contributed by atoms with E-state index in [1.807, 2.05) is 13.8 Å². The molecule has 0 bridgehead atoms. The molecule has 1 aromatic rings. The number of anilines is 1. The highest BCUT2D eigenvalue weighted by molar-refractivity contribution is 6.31.